The summed E-state index contributed by atoms with van der Waals surface area (Å²) in [5, 5.41) is 0. The van der Waals surface area contributed by atoms with Crippen LogP contribution in [-0.2, 0) is 6.42 Å². The van der Waals surface area contributed by atoms with Crippen LogP contribution < -0.4 is 10.5 Å². The van der Waals surface area contributed by atoms with E-state index in [4.69, 9.17) is 10.5 Å². The van der Waals surface area contributed by atoms with Gasteiger partial charge in [0.2, 0.25) is 0 Å². The SMILES string of the molecule is CC(N)Cc1cc(Br)ccc1Oc1ccc(F)cc1. The third-order valence-electron chi connectivity index (χ3n) is 2.61. The van der Waals surface area contributed by atoms with Crippen molar-refractivity contribution in [3.8, 4) is 11.5 Å². The van der Waals surface area contributed by atoms with E-state index in [1.54, 1.807) is 12.1 Å². The lowest BCUT2D eigenvalue weighted by Gasteiger charge is -2.13. The van der Waals surface area contributed by atoms with Gasteiger partial charge in [-0.2, -0.15) is 0 Å². The molecule has 0 aromatic heterocycles. The largest absolute Gasteiger partial charge is 0.457 e. The summed E-state index contributed by atoms with van der Waals surface area (Å²) in [5.41, 5.74) is 6.86. The van der Waals surface area contributed by atoms with Gasteiger partial charge in [-0.3, -0.25) is 0 Å². The van der Waals surface area contributed by atoms with Crippen LogP contribution in [0.2, 0.25) is 0 Å². The third-order valence-corrected chi connectivity index (χ3v) is 3.10. The molecule has 1 atom stereocenters. The van der Waals surface area contributed by atoms with Crippen LogP contribution in [-0.4, -0.2) is 6.04 Å². The Morgan fingerprint density at radius 1 is 1.21 bits per heavy atom. The molecule has 19 heavy (non-hydrogen) atoms. The van der Waals surface area contributed by atoms with Crippen LogP contribution in [0, 0.1) is 5.82 Å². The molecule has 2 nitrogen and oxygen atoms in total. The fourth-order valence-corrected chi connectivity index (χ4v) is 2.19. The van der Waals surface area contributed by atoms with Gasteiger partial charge in [-0.05, 0) is 61.4 Å². The van der Waals surface area contributed by atoms with Crippen molar-refractivity contribution in [2.45, 2.75) is 19.4 Å². The summed E-state index contributed by atoms with van der Waals surface area (Å²) in [6.45, 7) is 1.95. The number of hydrogen-bond donors (Lipinski definition) is 1. The van der Waals surface area contributed by atoms with E-state index in [1.165, 1.54) is 12.1 Å². The lowest BCUT2D eigenvalue weighted by atomic mass is 10.1. The first-order valence-electron chi connectivity index (χ1n) is 6.02. The minimum absolute atomic E-state index is 0.0462. The third kappa shape index (κ3) is 4.04. The predicted molar refractivity (Wildman–Crippen MR) is 78.0 cm³/mol. The topological polar surface area (TPSA) is 35.2 Å². The van der Waals surface area contributed by atoms with Crippen LogP contribution in [0.15, 0.2) is 46.9 Å². The summed E-state index contributed by atoms with van der Waals surface area (Å²) >= 11 is 3.44. The highest BCUT2D eigenvalue weighted by Gasteiger charge is 2.08. The standard InChI is InChI=1S/C15H15BrFNO/c1-10(18)8-11-9-12(16)2-7-15(11)19-14-5-3-13(17)4-6-14/h2-7,9-10H,8,18H2,1H3. The number of ether oxygens (including phenoxy) is 1. The summed E-state index contributed by atoms with van der Waals surface area (Å²) < 4.78 is 19.6. The lowest BCUT2D eigenvalue weighted by Crippen LogP contribution is -2.18. The molecule has 2 aromatic rings. The van der Waals surface area contributed by atoms with Gasteiger partial charge in [-0.1, -0.05) is 15.9 Å². The second kappa shape index (κ2) is 6.17. The van der Waals surface area contributed by atoms with E-state index in [0.29, 0.717) is 5.75 Å². The van der Waals surface area contributed by atoms with E-state index >= 15 is 0 Å². The van der Waals surface area contributed by atoms with Crippen LogP contribution in [0.5, 0.6) is 11.5 Å². The van der Waals surface area contributed by atoms with Crippen LogP contribution >= 0.6 is 15.9 Å². The first-order chi connectivity index (χ1) is 9.04. The lowest BCUT2D eigenvalue weighted by molar-refractivity contribution is 0.472. The Hall–Kier alpha value is -1.39. The molecule has 0 saturated carbocycles. The monoisotopic (exact) mass is 323 g/mol. The fraction of sp³-hybridized carbons (Fsp3) is 0.200. The van der Waals surface area contributed by atoms with Gasteiger partial charge < -0.3 is 10.5 Å². The maximum Gasteiger partial charge on any atom is 0.130 e. The van der Waals surface area contributed by atoms with Crippen molar-refractivity contribution < 1.29 is 9.13 Å². The Labute approximate surface area is 120 Å². The van der Waals surface area contributed by atoms with Crippen molar-refractivity contribution >= 4 is 15.9 Å². The van der Waals surface area contributed by atoms with Crippen molar-refractivity contribution in [2.24, 2.45) is 5.73 Å². The second-order valence-electron chi connectivity index (χ2n) is 4.49. The molecule has 0 amide bonds. The Kier molecular flexibility index (Phi) is 4.56. The Morgan fingerprint density at radius 3 is 2.53 bits per heavy atom. The van der Waals surface area contributed by atoms with E-state index in [0.717, 1.165) is 22.2 Å². The Bertz CT molecular complexity index is 555. The zero-order valence-electron chi connectivity index (χ0n) is 10.6. The van der Waals surface area contributed by atoms with Gasteiger partial charge in [-0.15, -0.1) is 0 Å². The Morgan fingerprint density at radius 2 is 1.89 bits per heavy atom. The number of rotatable bonds is 4. The number of nitrogens with two attached hydrogens (primary N) is 1. The summed E-state index contributed by atoms with van der Waals surface area (Å²) in [6, 6.07) is 11.8. The van der Waals surface area contributed by atoms with Gasteiger partial charge in [0.25, 0.3) is 0 Å². The van der Waals surface area contributed by atoms with Crippen LogP contribution in [0.25, 0.3) is 0 Å². The van der Waals surface area contributed by atoms with Crippen LogP contribution in [0.1, 0.15) is 12.5 Å². The summed E-state index contributed by atoms with van der Waals surface area (Å²) in [7, 11) is 0. The van der Waals surface area contributed by atoms with Crippen molar-refractivity contribution in [1.29, 1.82) is 0 Å². The molecular weight excluding hydrogens is 309 g/mol. The second-order valence-corrected chi connectivity index (χ2v) is 5.41. The van der Waals surface area contributed by atoms with Crippen molar-refractivity contribution in [3.63, 3.8) is 0 Å². The molecule has 0 saturated heterocycles. The average Bonchev–Trinajstić information content (AvgIpc) is 2.34. The molecule has 0 aliphatic rings. The molecule has 4 heteroatoms. The van der Waals surface area contributed by atoms with Crippen LogP contribution in [0.3, 0.4) is 0 Å². The van der Waals surface area contributed by atoms with Gasteiger partial charge >= 0.3 is 0 Å². The van der Waals surface area contributed by atoms with E-state index in [-0.39, 0.29) is 11.9 Å². The molecule has 100 valence electrons. The van der Waals surface area contributed by atoms with E-state index in [9.17, 15) is 4.39 Å². The number of benzene rings is 2. The fourth-order valence-electron chi connectivity index (χ4n) is 1.78. The van der Waals surface area contributed by atoms with Crippen molar-refractivity contribution in [2.75, 3.05) is 0 Å². The highest BCUT2D eigenvalue weighted by atomic mass is 79.9. The van der Waals surface area contributed by atoms with Gasteiger partial charge in [0.1, 0.15) is 17.3 Å². The first-order valence-corrected chi connectivity index (χ1v) is 6.81. The van der Waals surface area contributed by atoms with Gasteiger partial charge in [0.15, 0.2) is 0 Å². The zero-order chi connectivity index (χ0) is 13.8. The minimum Gasteiger partial charge on any atom is -0.457 e. The summed E-state index contributed by atoms with van der Waals surface area (Å²) in [6.07, 6.45) is 0.718. The number of halogens is 2. The average molecular weight is 324 g/mol. The van der Waals surface area contributed by atoms with E-state index < -0.39 is 0 Å². The highest BCUT2D eigenvalue weighted by molar-refractivity contribution is 9.10. The quantitative estimate of drug-likeness (QED) is 0.911. The Balaban J connectivity index is 2.26. The molecule has 0 aliphatic carbocycles. The van der Waals surface area contributed by atoms with Gasteiger partial charge in [0, 0.05) is 10.5 Å². The summed E-state index contributed by atoms with van der Waals surface area (Å²) in [5.74, 6) is 1.07. The molecule has 1 unspecified atom stereocenters. The smallest absolute Gasteiger partial charge is 0.130 e. The van der Waals surface area contributed by atoms with Crippen molar-refractivity contribution in [1.82, 2.24) is 0 Å². The number of hydrogen-bond acceptors (Lipinski definition) is 2. The normalized spacial score (nSPS) is 12.2. The molecule has 0 bridgehead atoms. The molecule has 0 radical (unpaired) electrons. The molecular formula is C15H15BrFNO. The minimum atomic E-state index is -0.279. The maximum absolute atomic E-state index is 12.9. The van der Waals surface area contributed by atoms with E-state index in [2.05, 4.69) is 15.9 Å². The van der Waals surface area contributed by atoms with Crippen LogP contribution in [0.4, 0.5) is 4.39 Å². The molecule has 2 rings (SSSR count). The van der Waals surface area contributed by atoms with Gasteiger partial charge in [-0.25, -0.2) is 4.39 Å². The zero-order valence-corrected chi connectivity index (χ0v) is 12.2. The van der Waals surface area contributed by atoms with Gasteiger partial charge in [0.05, 0.1) is 0 Å². The molecule has 0 fully saturated rings. The molecule has 2 N–H and O–H groups in total. The predicted octanol–water partition coefficient (Wildman–Crippen LogP) is 4.27. The molecule has 0 heterocycles. The van der Waals surface area contributed by atoms with Crippen molar-refractivity contribution in [3.05, 3.63) is 58.3 Å². The maximum atomic E-state index is 12.9. The first kappa shape index (κ1) is 14.0. The molecule has 0 spiro atoms. The summed E-state index contributed by atoms with van der Waals surface area (Å²) in [4.78, 5) is 0. The molecule has 2 aromatic carbocycles. The van der Waals surface area contributed by atoms with E-state index in [1.807, 2.05) is 25.1 Å². The highest BCUT2D eigenvalue weighted by Crippen LogP contribution is 2.29. The molecule has 0 aliphatic heterocycles.